The smallest absolute Gasteiger partial charge is 0.122 e. The molecule has 1 heterocycles. The van der Waals surface area contributed by atoms with E-state index in [1.807, 2.05) is 24.4 Å². The van der Waals surface area contributed by atoms with Crippen molar-refractivity contribution in [2.24, 2.45) is 0 Å². The lowest BCUT2D eigenvalue weighted by molar-refractivity contribution is 0.405. The lowest BCUT2D eigenvalue weighted by atomic mass is 9.99. The Hall–Kier alpha value is -1.39. The molecule has 1 aromatic heterocycles. The lowest BCUT2D eigenvalue weighted by Gasteiger charge is -2.20. The number of nitrogens with one attached hydrogen (secondary N) is 1. The normalized spacial score (nSPS) is 12.2. The van der Waals surface area contributed by atoms with Crippen molar-refractivity contribution < 1.29 is 4.74 Å². The summed E-state index contributed by atoms with van der Waals surface area (Å²) in [5.41, 5.74) is 3.47. The monoisotopic (exact) mass is 348 g/mol. The summed E-state index contributed by atoms with van der Waals surface area (Å²) in [5.74, 6) is 0.912. The van der Waals surface area contributed by atoms with Gasteiger partial charge in [-0.05, 0) is 55.3 Å². The predicted octanol–water partition coefficient (Wildman–Crippen LogP) is 4.05. The molecule has 4 heteroatoms. The second kappa shape index (κ2) is 7.57. The van der Waals surface area contributed by atoms with E-state index in [4.69, 9.17) is 4.74 Å². The summed E-state index contributed by atoms with van der Waals surface area (Å²) in [6, 6.07) is 10.4. The van der Waals surface area contributed by atoms with Crippen molar-refractivity contribution in [3.8, 4) is 5.75 Å². The van der Waals surface area contributed by atoms with Gasteiger partial charge in [0.05, 0.1) is 18.8 Å². The second-order valence-electron chi connectivity index (χ2n) is 4.98. The highest BCUT2D eigenvalue weighted by atomic mass is 79.9. The number of hydrogen-bond donors (Lipinski definition) is 1. The van der Waals surface area contributed by atoms with Crippen LogP contribution in [0.1, 0.15) is 29.8 Å². The van der Waals surface area contributed by atoms with E-state index >= 15 is 0 Å². The molecule has 0 spiro atoms. The number of likely N-dealkylation sites (N-methyl/N-ethyl adjacent to an activating group) is 1. The van der Waals surface area contributed by atoms with Gasteiger partial charge in [0, 0.05) is 10.7 Å². The standard InChI is InChI=1S/C17H21BrN2O/c1-4-19-15(17-12(2)6-5-9-20-17)11-13-10-14(18)7-8-16(13)21-3/h5-10,15,19H,4,11H2,1-3H3. The average Bonchev–Trinajstić information content (AvgIpc) is 2.48. The second-order valence-corrected chi connectivity index (χ2v) is 5.89. The fourth-order valence-corrected chi connectivity index (χ4v) is 2.91. The number of benzene rings is 1. The first-order valence-electron chi connectivity index (χ1n) is 7.13. The Balaban J connectivity index is 2.33. The summed E-state index contributed by atoms with van der Waals surface area (Å²) < 4.78 is 6.54. The van der Waals surface area contributed by atoms with Gasteiger partial charge < -0.3 is 10.1 Å². The zero-order chi connectivity index (χ0) is 15.2. The number of aryl methyl sites for hydroxylation is 1. The average molecular weight is 349 g/mol. The number of pyridine rings is 1. The number of aromatic nitrogens is 1. The van der Waals surface area contributed by atoms with Gasteiger partial charge in [-0.15, -0.1) is 0 Å². The molecular weight excluding hydrogens is 328 g/mol. The van der Waals surface area contributed by atoms with Gasteiger partial charge in [-0.1, -0.05) is 28.9 Å². The molecule has 0 fully saturated rings. The molecule has 2 rings (SSSR count). The molecule has 0 bridgehead atoms. The first-order valence-corrected chi connectivity index (χ1v) is 7.92. The number of methoxy groups -OCH3 is 1. The summed E-state index contributed by atoms with van der Waals surface area (Å²) >= 11 is 3.53. The van der Waals surface area contributed by atoms with Crippen LogP contribution in [0.25, 0.3) is 0 Å². The minimum atomic E-state index is 0.180. The molecule has 112 valence electrons. The van der Waals surface area contributed by atoms with E-state index in [1.165, 1.54) is 11.1 Å². The molecule has 1 aromatic carbocycles. The summed E-state index contributed by atoms with van der Waals surface area (Å²) in [5, 5.41) is 3.53. The number of ether oxygens (including phenoxy) is 1. The van der Waals surface area contributed by atoms with E-state index in [2.05, 4.69) is 52.2 Å². The van der Waals surface area contributed by atoms with Crippen LogP contribution in [0.15, 0.2) is 41.0 Å². The Kier molecular flexibility index (Phi) is 5.76. The molecule has 3 nitrogen and oxygen atoms in total. The van der Waals surface area contributed by atoms with Crippen LogP contribution in [-0.4, -0.2) is 18.6 Å². The third-order valence-electron chi connectivity index (χ3n) is 3.50. The highest BCUT2D eigenvalue weighted by molar-refractivity contribution is 9.10. The van der Waals surface area contributed by atoms with Gasteiger partial charge in [-0.2, -0.15) is 0 Å². The molecule has 0 saturated carbocycles. The molecule has 21 heavy (non-hydrogen) atoms. The van der Waals surface area contributed by atoms with Gasteiger partial charge in [-0.3, -0.25) is 4.98 Å². The maximum atomic E-state index is 5.48. The van der Waals surface area contributed by atoms with Crippen molar-refractivity contribution in [3.05, 3.63) is 57.8 Å². The van der Waals surface area contributed by atoms with Gasteiger partial charge in [-0.25, -0.2) is 0 Å². The van der Waals surface area contributed by atoms with E-state index in [0.717, 1.165) is 28.9 Å². The Bertz CT molecular complexity index is 601. The minimum absolute atomic E-state index is 0.180. The van der Waals surface area contributed by atoms with E-state index in [1.54, 1.807) is 7.11 Å². The van der Waals surface area contributed by atoms with Crippen molar-refractivity contribution >= 4 is 15.9 Å². The SMILES string of the molecule is CCNC(Cc1cc(Br)ccc1OC)c1ncccc1C. The summed E-state index contributed by atoms with van der Waals surface area (Å²) in [7, 11) is 1.71. The van der Waals surface area contributed by atoms with E-state index in [0.29, 0.717) is 0 Å². The highest BCUT2D eigenvalue weighted by Gasteiger charge is 2.17. The fraction of sp³-hybridized carbons (Fsp3) is 0.353. The zero-order valence-corrected chi connectivity index (χ0v) is 14.3. The van der Waals surface area contributed by atoms with Crippen LogP contribution in [0.5, 0.6) is 5.75 Å². The topological polar surface area (TPSA) is 34.1 Å². The fourth-order valence-electron chi connectivity index (χ4n) is 2.50. The van der Waals surface area contributed by atoms with Gasteiger partial charge in [0.25, 0.3) is 0 Å². The van der Waals surface area contributed by atoms with Crippen molar-refractivity contribution in [2.75, 3.05) is 13.7 Å². The highest BCUT2D eigenvalue weighted by Crippen LogP contribution is 2.28. The van der Waals surface area contributed by atoms with Gasteiger partial charge >= 0.3 is 0 Å². The molecule has 0 radical (unpaired) electrons. The van der Waals surface area contributed by atoms with Gasteiger partial charge in [0.2, 0.25) is 0 Å². The molecule has 0 aliphatic rings. The number of nitrogens with zero attached hydrogens (tertiary/aromatic N) is 1. The van der Waals surface area contributed by atoms with Crippen molar-refractivity contribution in [1.29, 1.82) is 0 Å². The molecule has 0 aliphatic heterocycles. The van der Waals surface area contributed by atoms with Gasteiger partial charge in [0.1, 0.15) is 5.75 Å². The Morgan fingerprint density at radius 1 is 1.33 bits per heavy atom. The molecule has 0 saturated heterocycles. The number of halogens is 1. The van der Waals surface area contributed by atoms with Crippen LogP contribution in [0.2, 0.25) is 0 Å². The number of rotatable bonds is 6. The van der Waals surface area contributed by atoms with E-state index in [-0.39, 0.29) is 6.04 Å². The Morgan fingerprint density at radius 2 is 2.14 bits per heavy atom. The Morgan fingerprint density at radius 3 is 2.81 bits per heavy atom. The van der Waals surface area contributed by atoms with E-state index < -0.39 is 0 Å². The first kappa shape index (κ1) is 16.0. The molecule has 1 atom stereocenters. The minimum Gasteiger partial charge on any atom is -0.496 e. The van der Waals surface area contributed by atoms with Crippen LogP contribution in [0.3, 0.4) is 0 Å². The van der Waals surface area contributed by atoms with Crippen LogP contribution in [0, 0.1) is 6.92 Å². The molecule has 1 unspecified atom stereocenters. The summed E-state index contributed by atoms with van der Waals surface area (Å²) in [6.45, 7) is 5.12. The molecule has 2 aromatic rings. The lowest BCUT2D eigenvalue weighted by Crippen LogP contribution is -2.25. The molecular formula is C17H21BrN2O. The van der Waals surface area contributed by atoms with Crippen LogP contribution < -0.4 is 10.1 Å². The maximum Gasteiger partial charge on any atom is 0.122 e. The van der Waals surface area contributed by atoms with Crippen LogP contribution >= 0.6 is 15.9 Å². The maximum absolute atomic E-state index is 5.48. The van der Waals surface area contributed by atoms with Crippen LogP contribution in [0.4, 0.5) is 0 Å². The van der Waals surface area contributed by atoms with Crippen molar-refractivity contribution in [3.63, 3.8) is 0 Å². The predicted molar refractivity (Wildman–Crippen MR) is 89.8 cm³/mol. The third kappa shape index (κ3) is 4.05. The molecule has 0 amide bonds. The molecule has 1 N–H and O–H groups in total. The first-order chi connectivity index (χ1) is 10.2. The van der Waals surface area contributed by atoms with Crippen molar-refractivity contribution in [2.45, 2.75) is 26.3 Å². The number of hydrogen-bond acceptors (Lipinski definition) is 3. The van der Waals surface area contributed by atoms with E-state index in [9.17, 15) is 0 Å². The third-order valence-corrected chi connectivity index (χ3v) is 3.99. The quantitative estimate of drug-likeness (QED) is 0.854. The van der Waals surface area contributed by atoms with Gasteiger partial charge in [0.15, 0.2) is 0 Å². The van der Waals surface area contributed by atoms with Crippen molar-refractivity contribution in [1.82, 2.24) is 10.3 Å². The summed E-state index contributed by atoms with van der Waals surface area (Å²) in [4.78, 5) is 4.56. The summed E-state index contributed by atoms with van der Waals surface area (Å²) in [6.07, 6.45) is 2.69. The van der Waals surface area contributed by atoms with Crippen LogP contribution in [-0.2, 0) is 6.42 Å². The Labute approximate surface area is 134 Å². The largest absolute Gasteiger partial charge is 0.496 e. The zero-order valence-electron chi connectivity index (χ0n) is 12.7. The molecule has 0 aliphatic carbocycles.